The summed E-state index contributed by atoms with van der Waals surface area (Å²) in [7, 11) is 0. The highest BCUT2D eigenvalue weighted by Crippen LogP contribution is 2.25. The molecule has 0 radical (unpaired) electrons. The van der Waals surface area contributed by atoms with Crippen molar-refractivity contribution in [2.75, 3.05) is 5.32 Å². The van der Waals surface area contributed by atoms with Crippen LogP contribution >= 0.6 is 0 Å². The van der Waals surface area contributed by atoms with Gasteiger partial charge in [0.05, 0.1) is 11.1 Å². The Morgan fingerprint density at radius 2 is 1.57 bits per heavy atom. The van der Waals surface area contributed by atoms with E-state index in [9.17, 15) is 19.2 Å². The second-order valence-corrected chi connectivity index (χ2v) is 6.64. The zero-order valence-corrected chi connectivity index (χ0v) is 15.8. The van der Waals surface area contributed by atoms with Crippen LogP contribution in [0.1, 0.15) is 40.1 Å². The minimum Gasteiger partial charge on any atom is -0.451 e. The number of anilines is 1. The van der Waals surface area contributed by atoms with Gasteiger partial charge in [0.25, 0.3) is 17.7 Å². The number of imide groups is 1. The summed E-state index contributed by atoms with van der Waals surface area (Å²) in [5.74, 6) is -2.45. The number of hydrogen-bond donors (Lipinski definition) is 1. The van der Waals surface area contributed by atoms with Crippen LogP contribution in [0.4, 0.5) is 5.69 Å². The van der Waals surface area contributed by atoms with Crippen molar-refractivity contribution in [3.8, 4) is 0 Å². The van der Waals surface area contributed by atoms with Gasteiger partial charge in [-0.3, -0.25) is 19.3 Å². The van der Waals surface area contributed by atoms with Gasteiger partial charge in [-0.15, -0.1) is 0 Å². The molecule has 2 aromatic rings. The first kappa shape index (κ1) is 19.3. The smallest absolute Gasteiger partial charge is 0.329 e. The summed E-state index contributed by atoms with van der Waals surface area (Å²) in [5, 5.41) is 2.66. The van der Waals surface area contributed by atoms with E-state index < -0.39 is 35.8 Å². The van der Waals surface area contributed by atoms with Gasteiger partial charge in [-0.1, -0.05) is 24.3 Å². The first-order valence-corrected chi connectivity index (χ1v) is 8.84. The van der Waals surface area contributed by atoms with Crippen molar-refractivity contribution in [3.05, 3.63) is 65.2 Å². The molecule has 1 N–H and O–H groups in total. The molecular weight excluding hydrogens is 360 g/mol. The molecule has 1 aliphatic heterocycles. The zero-order valence-electron chi connectivity index (χ0n) is 15.8. The van der Waals surface area contributed by atoms with E-state index >= 15 is 0 Å². The normalized spacial score (nSPS) is 15.0. The Balaban J connectivity index is 1.65. The predicted molar refractivity (Wildman–Crippen MR) is 102 cm³/mol. The molecule has 1 heterocycles. The average Bonchev–Trinajstić information content (AvgIpc) is 2.92. The fraction of sp³-hybridized carbons (Fsp3) is 0.238. The van der Waals surface area contributed by atoms with E-state index in [1.165, 1.54) is 26.0 Å². The van der Waals surface area contributed by atoms with Crippen LogP contribution in [-0.4, -0.2) is 40.7 Å². The summed E-state index contributed by atoms with van der Waals surface area (Å²) in [5.41, 5.74) is 2.05. The van der Waals surface area contributed by atoms with Crippen molar-refractivity contribution in [2.45, 2.75) is 32.9 Å². The first-order chi connectivity index (χ1) is 13.3. The Morgan fingerprint density at radius 1 is 0.964 bits per heavy atom. The van der Waals surface area contributed by atoms with Crippen LogP contribution < -0.4 is 5.32 Å². The maximum atomic E-state index is 12.5. The minimum atomic E-state index is -1.15. The number of carbonyl (C=O) groups is 4. The SMILES string of the molecule is Cc1cccc(NC(=O)[C@H](C)OC(=O)[C@@H](C)N2C(=O)c3ccccc3C2=O)c1. The third kappa shape index (κ3) is 3.64. The molecule has 2 atom stereocenters. The van der Waals surface area contributed by atoms with Crippen molar-refractivity contribution in [1.29, 1.82) is 0 Å². The number of carbonyl (C=O) groups excluding carboxylic acids is 4. The first-order valence-electron chi connectivity index (χ1n) is 8.84. The van der Waals surface area contributed by atoms with Crippen molar-refractivity contribution < 1.29 is 23.9 Å². The second kappa shape index (κ2) is 7.64. The summed E-state index contributed by atoms with van der Waals surface area (Å²) < 4.78 is 5.19. The summed E-state index contributed by atoms with van der Waals surface area (Å²) >= 11 is 0. The number of esters is 1. The van der Waals surface area contributed by atoms with E-state index in [2.05, 4.69) is 5.32 Å². The second-order valence-electron chi connectivity index (χ2n) is 6.64. The highest BCUT2D eigenvalue weighted by Gasteiger charge is 2.41. The van der Waals surface area contributed by atoms with E-state index in [1.807, 2.05) is 13.0 Å². The van der Waals surface area contributed by atoms with Gasteiger partial charge in [0.1, 0.15) is 6.04 Å². The maximum Gasteiger partial charge on any atom is 0.329 e. The molecule has 0 unspecified atom stereocenters. The fourth-order valence-corrected chi connectivity index (χ4v) is 2.96. The van der Waals surface area contributed by atoms with E-state index in [4.69, 9.17) is 4.74 Å². The summed E-state index contributed by atoms with van der Waals surface area (Å²) in [6.45, 7) is 4.72. The highest BCUT2D eigenvalue weighted by molar-refractivity contribution is 6.22. The third-order valence-electron chi connectivity index (χ3n) is 4.50. The third-order valence-corrected chi connectivity index (χ3v) is 4.50. The van der Waals surface area contributed by atoms with Crippen LogP contribution in [0.2, 0.25) is 0 Å². The molecule has 144 valence electrons. The van der Waals surface area contributed by atoms with Crippen LogP contribution in [0.15, 0.2) is 48.5 Å². The molecule has 28 heavy (non-hydrogen) atoms. The van der Waals surface area contributed by atoms with Gasteiger partial charge in [0, 0.05) is 5.69 Å². The summed E-state index contributed by atoms with van der Waals surface area (Å²) in [4.78, 5) is 50.5. The van der Waals surface area contributed by atoms with E-state index in [-0.39, 0.29) is 11.1 Å². The molecular formula is C21H20N2O5. The van der Waals surface area contributed by atoms with Gasteiger partial charge in [0.2, 0.25) is 0 Å². The quantitative estimate of drug-likeness (QED) is 0.636. The molecule has 7 nitrogen and oxygen atoms in total. The molecule has 0 spiro atoms. The highest BCUT2D eigenvalue weighted by atomic mass is 16.5. The van der Waals surface area contributed by atoms with Crippen molar-refractivity contribution in [3.63, 3.8) is 0 Å². The Kier molecular flexibility index (Phi) is 5.26. The fourth-order valence-electron chi connectivity index (χ4n) is 2.96. The number of nitrogens with zero attached hydrogens (tertiary/aromatic N) is 1. The van der Waals surface area contributed by atoms with Gasteiger partial charge in [0.15, 0.2) is 6.10 Å². The predicted octanol–water partition coefficient (Wildman–Crippen LogP) is 2.55. The van der Waals surface area contributed by atoms with Crippen LogP contribution in [-0.2, 0) is 14.3 Å². The minimum absolute atomic E-state index is 0.248. The molecule has 0 aromatic heterocycles. The summed E-state index contributed by atoms with van der Waals surface area (Å²) in [6.07, 6.45) is -1.09. The maximum absolute atomic E-state index is 12.5. The molecule has 0 aliphatic carbocycles. The molecule has 0 saturated heterocycles. The Labute approximate surface area is 162 Å². The summed E-state index contributed by atoms with van der Waals surface area (Å²) in [6, 6.07) is 12.4. The van der Waals surface area contributed by atoms with Gasteiger partial charge < -0.3 is 10.1 Å². The lowest BCUT2D eigenvalue weighted by Gasteiger charge is -2.22. The average molecular weight is 380 g/mol. The van der Waals surface area contributed by atoms with Crippen LogP contribution in [0, 0.1) is 6.92 Å². The zero-order chi connectivity index (χ0) is 20.4. The van der Waals surface area contributed by atoms with E-state index in [0.717, 1.165) is 10.5 Å². The molecule has 3 rings (SSSR count). The number of amides is 3. The monoisotopic (exact) mass is 380 g/mol. The van der Waals surface area contributed by atoms with Crippen molar-refractivity contribution >= 4 is 29.4 Å². The van der Waals surface area contributed by atoms with Crippen molar-refractivity contribution in [1.82, 2.24) is 4.90 Å². The molecule has 0 saturated carbocycles. The van der Waals surface area contributed by atoms with Gasteiger partial charge in [-0.2, -0.15) is 0 Å². The standard InChI is InChI=1S/C21H20N2O5/c1-12-7-6-8-15(11-12)22-18(24)14(3)28-21(27)13(2)23-19(25)16-9-4-5-10-17(16)20(23)26/h4-11,13-14H,1-3H3,(H,22,24)/t13-,14+/m1/s1. The van der Waals surface area contributed by atoms with Crippen LogP contribution in [0.5, 0.6) is 0 Å². The molecule has 1 aliphatic rings. The molecule has 0 fully saturated rings. The largest absolute Gasteiger partial charge is 0.451 e. The Morgan fingerprint density at radius 3 is 2.14 bits per heavy atom. The number of ether oxygens (including phenoxy) is 1. The number of benzene rings is 2. The molecule has 3 amide bonds. The number of nitrogens with one attached hydrogen (secondary N) is 1. The lowest BCUT2D eigenvalue weighted by atomic mass is 10.1. The van der Waals surface area contributed by atoms with Gasteiger partial charge in [-0.05, 0) is 50.6 Å². The van der Waals surface area contributed by atoms with E-state index in [0.29, 0.717) is 5.69 Å². The van der Waals surface area contributed by atoms with Crippen LogP contribution in [0.25, 0.3) is 0 Å². The number of hydrogen-bond acceptors (Lipinski definition) is 5. The number of rotatable bonds is 5. The van der Waals surface area contributed by atoms with Crippen LogP contribution in [0.3, 0.4) is 0 Å². The number of fused-ring (bicyclic) bond motifs is 1. The lowest BCUT2D eigenvalue weighted by molar-refractivity contribution is -0.156. The van der Waals surface area contributed by atoms with Gasteiger partial charge in [-0.25, -0.2) is 4.79 Å². The van der Waals surface area contributed by atoms with Crippen molar-refractivity contribution in [2.24, 2.45) is 0 Å². The molecule has 7 heteroatoms. The Hall–Kier alpha value is -3.48. The van der Waals surface area contributed by atoms with E-state index in [1.54, 1.807) is 30.3 Å². The Bertz CT molecular complexity index is 934. The number of aryl methyl sites for hydroxylation is 1. The lowest BCUT2D eigenvalue weighted by Crippen LogP contribution is -2.45. The topological polar surface area (TPSA) is 92.8 Å². The molecule has 2 aromatic carbocycles. The molecule has 0 bridgehead atoms. The van der Waals surface area contributed by atoms with Gasteiger partial charge >= 0.3 is 5.97 Å².